The van der Waals surface area contributed by atoms with E-state index in [1.165, 1.54) is 12.1 Å². The van der Waals surface area contributed by atoms with Crippen molar-refractivity contribution in [1.29, 1.82) is 0 Å². The summed E-state index contributed by atoms with van der Waals surface area (Å²) in [6.45, 7) is 1.89. The number of halogens is 1. The molecule has 23 heavy (non-hydrogen) atoms. The lowest BCUT2D eigenvalue weighted by atomic mass is 10.2. The summed E-state index contributed by atoms with van der Waals surface area (Å²) in [6.07, 6.45) is 1.12. The minimum Gasteiger partial charge on any atom is -0.338 e. The fourth-order valence-corrected chi connectivity index (χ4v) is 2.51. The first-order chi connectivity index (χ1) is 11.0. The lowest BCUT2D eigenvalue weighted by molar-refractivity contribution is -0.117. The van der Waals surface area contributed by atoms with Gasteiger partial charge in [0.2, 0.25) is 5.91 Å². The van der Waals surface area contributed by atoms with Gasteiger partial charge >= 0.3 is 6.03 Å². The standard InChI is InChI=1S/C16H23FN4O2/c1-20(2)9-3-8-18-16(23)19-13-10-15(22)21(11-13)14-6-4-12(17)5-7-14/h4-7,13H,3,8-11H2,1-2H3,(H2,18,19,23)/t13-/m0/s1. The van der Waals surface area contributed by atoms with Crippen LogP contribution >= 0.6 is 0 Å². The first kappa shape index (κ1) is 17.2. The van der Waals surface area contributed by atoms with Crippen molar-refractivity contribution in [2.24, 2.45) is 0 Å². The van der Waals surface area contributed by atoms with Crippen LogP contribution in [-0.2, 0) is 4.79 Å². The number of anilines is 1. The summed E-state index contributed by atoms with van der Waals surface area (Å²) in [6, 6.07) is 5.28. The van der Waals surface area contributed by atoms with E-state index in [4.69, 9.17) is 0 Å². The van der Waals surface area contributed by atoms with Gasteiger partial charge in [-0.1, -0.05) is 0 Å². The third-order valence-corrected chi connectivity index (χ3v) is 3.67. The van der Waals surface area contributed by atoms with Crippen molar-refractivity contribution in [3.63, 3.8) is 0 Å². The van der Waals surface area contributed by atoms with Crippen LogP contribution in [0.2, 0.25) is 0 Å². The number of nitrogens with one attached hydrogen (secondary N) is 2. The number of hydrogen-bond donors (Lipinski definition) is 2. The summed E-state index contributed by atoms with van der Waals surface area (Å²) in [5, 5.41) is 5.59. The second kappa shape index (κ2) is 7.92. The molecule has 0 aromatic heterocycles. The maximum atomic E-state index is 12.9. The second-order valence-electron chi connectivity index (χ2n) is 5.94. The quantitative estimate of drug-likeness (QED) is 0.773. The van der Waals surface area contributed by atoms with E-state index in [9.17, 15) is 14.0 Å². The van der Waals surface area contributed by atoms with Crippen molar-refractivity contribution in [3.05, 3.63) is 30.1 Å². The van der Waals surface area contributed by atoms with Crippen LogP contribution in [0.15, 0.2) is 24.3 Å². The van der Waals surface area contributed by atoms with Gasteiger partial charge in [0.05, 0.1) is 6.04 Å². The van der Waals surface area contributed by atoms with Crippen LogP contribution in [0.1, 0.15) is 12.8 Å². The Bertz CT molecular complexity index is 548. The lowest BCUT2D eigenvalue weighted by Gasteiger charge is -2.17. The number of benzene rings is 1. The van der Waals surface area contributed by atoms with Gasteiger partial charge in [-0.05, 0) is 51.3 Å². The van der Waals surface area contributed by atoms with Crippen LogP contribution in [-0.4, -0.2) is 56.6 Å². The number of nitrogens with zero attached hydrogens (tertiary/aromatic N) is 2. The molecule has 6 nitrogen and oxygen atoms in total. The maximum Gasteiger partial charge on any atom is 0.315 e. The average molecular weight is 322 g/mol. The minimum absolute atomic E-state index is 0.0745. The largest absolute Gasteiger partial charge is 0.338 e. The molecule has 2 rings (SSSR count). The molecule has 126 valence electrons. The summed E-state index contributed by atoms with van der Waals surface area (Å²) in [5.41, 5.74) is 0.645. The van der Waals surface area contributed by atoms with Crippen molar-refractivity contribution in [3.8, 4) is 0 Å². The highest BCUT2D eigenvalue weighted by molar-refractivity contribution is 5.96. The van der Waals surface area contributed by atoms with Crippen LogP contribution in [0.25, 0.3) is 0 Å². The number of hydrogen-bond acceptors (Lipinski definition) is 3. The van der Waals surface area contributed by atoms with Crippen LogP contribution in [0.5, 0.6) is 0 Å². The number of carbonyl (C=O) groups is 2. The fourth-order valence-electron chi connectivity index (χ4n) is 2.51. The van der Waals surface area contributed by atoms with Gasteiger partial charge in [0.15, 0.2) is 0 Å². The number of amides is 3. The van der Waals surface area contributed by atoms with Crippen molar-refractivity contribution in [2.75, 3.05) is 38.6 Å². The van der Waals surface area contributed by atoms with Crippen LogP contribution < -0.4 is 15.5 Å². The van der Waals surface area contributed by atoms with Crippen LogP contribution in [0, 0.1) is 5.82 Å². The maximum absolute atomic E-state index is 12.9. The Labute approximate surface area is 135 Å². The molecular formula is C16H23FN4O2. The van der Waals surface area contributed by atoms with E-state index >= 15 is 0 Å². The monoisotopic (exact) mass is 322 g/mol. The Kier molecular flexibility index (Phi) is 5.92. The Morgan fingerprint density at radius 3 is 2.70 bits per heavy atom. The molecule has 1 atom stereocenters. The molecule has 7 heteroatoms. The number of carbonyl (C=O) groups excluding carboxylic acids is 2. The zero-order valence-electron chi connectivity index (χ0n) is 13.5. The van der Waals surface area contributed by atoms with Crippen LogP contribution in [0.3, 0.4) is 0 Å². The average Bonchev–Trinajstić information content (AvgIpc) is 2.85. The Morgan fingerprint density at radius 1 is 1.35 bits per heavy atom. The molecule has 0 aliphatic carbocycles. The fraction of sp³-hybridized carbons (Fsp3) is 0.500. The topological polar surface area (TPSA) is 64.7 Å². The molecular weight excluding hydrogens is 299 g/mol. The zero-order chi connectivity index (χ0) is 16.8. The van der Waals surface area contributed by atoms with E-state index in [-0.39, 0.29) is 30.2 Å². The van der Waals surface area contributed by atoms with E-state index in [2.05, 4.69) is 15.5 Å². The van der Waals surface area contributed by atoms with Crippen molar-refractivity contribution in [1.82, 2.24) is 15.5 Å². The molecule has 1 aliphatic heterocycles. The minimum atomic E-state index is -0.341. The van der Waals surface area contributed by atoms with E-state index in [0.717, 1.165) is 13.0 Å². The third-order valence-electron chi connectivity index (χ3n) is 3.67. The predicted molar refractivity (Wildman–Crippen MR) is 86.9 cm³/mol. The smallest absolute Gasteiger partial charge is 0.315 e. The highest BCUT2D eigenvalue weighted by Crippen LogP contribution is 2.21. The summed E-state index contributed by atoms with van der Waals surface area (Å²) in [7, 11) is 3.96. The van der Waals surface area contributed by atoms with E-state index in [0.29, 0.717) is 18.8 Å². The summed E-state index contributed by atoms with van der Waals surface area (Å²) < 4.78 is 12.9. The molecule has 1 saturated heterocycles. The molecule has 2 N–H and O–H groups in total. The lowest BCUT2D eigenvalue weighted by Crippen LogP contribution is -2.43. The van der Waals surface area contributed by atoms with Gasteiger partial charge in [0, 0.05) is 25.2 Å². The molecule has 1 aliphatic rings. The molecule has 0 unspecified atom stereocenters. The molecule has 0 radical (unpaired) electrons. The summed E-state index contributed by atoms with van der Waals surface area (Å²) >= 11 is 0. The predicted octanol–water partition coefficient (Wildman–Crippen LogP) is 1.18. The normalized spacial score (nSPS) is 17.7. The molecule has 3 amide bonds. The first-order valence-electron chi connectivity index (χ1n) is 7.70. The number of rotatable bonds is 6. The van der Waals surface area contributed by atoms with Gasteiger partial charge in [-0.15, -0.1) is 0 Å². The highest BCUT2D eigenvalue weighted by atomic mass is 19.1. The Morgan fingerprint density at radius 2 is 2.04 bits per heavy atom. The van der Waals surface area contributed by atoms with Crippen molar-refractivity contribution in [2.45, 2.75) is 18.9 Å². The SMILES string of the molecule is CN(C)CCCNC(=O)N[C@H]1CC(=O)N(c2ccc(F)cc2)C1. The van der Waals surface area contributed by atoms with Crippen molar-refractivity contribution < 1.29 is 14.0 Å². The molecule has 0 saturated carbocycles. The second-order valence-corrected chi connectivity index (χ2v) is 5.94. The van der Waals surface area contributed by atoms with Gasteiger partial charge in [0.25, 0.3) is 0 Å². The third kappa shape index (κ3) is 5.21. The van der Waals surface area contributed by atoms with Gasteiger partial charge < -0.3 is 20.4 Å². The number of urea groups is 1. The molecule has 0 spiro atoms. The molecule has 1 aromatic rings. The van der Waals surface area contributed by atoms with E-state index in [1.54, 1.807) is 17.0 Å². The van der Waals surface area contributed by atoms with Crippen LogP contribution in [0.4, 0.5) is 14.9 Å². The van der Waals surface area contributed by atoms with Gasteiger partial charge in [-0.2, -0.15) is 0 Å². The van der Waals surface area contributed by atoms with Gasteiger partial charge in [-0.3, -0.25) is 4.79 Å². The van der Waals surface area contributed by atoms with Gasteiger partial charge in [-0.25, -0.2) is 9.18 Å². The molecule has 1 heterocycles. The summed E-state index contributed by atoms with van der Waals surface area (Å²) in [5.74, 6) is -0.415. The summed E-state index contributed by atoms with van der Waals surface area (Å²) in [4.78, 5) is 27.5. The van der Waals surface area contributed by atoms with Crippen molar-refractivity contribution >= 4 is 17.6 Å². The zero-order valence-corrected chi connectivity index (χ0v) is 13.5. The van der Waals surface area contributed by atoms with E-state index in [1.807, 2.05) is 14.1 Å². The molecule has 0 bridgehead atoms. The first-order valence-corrected chi connectivity index (χ1v) is 7.70. The van der Waals surface area contributed by atoms with E-state index < -0.39 is 0 Å². The Balaban J connectivity index is 1.78. The Hall–Kier alpha value is -2.15. The molecule has 1 aromatic carbocycles. The highest BCUT2D eigenvalue weighted by Gasteiger charge is 2.31. The molecule has 1 fully saturated rings. The van der Waals surface area contributed by atoms with Gasteiger partial charge in [0.1, 0.15) is 5.82 Å².